The Kier molecular flexibility index (Phi) is 2.91. The molecule has 2 fully saturated rings. The van der Waals surface area contributed by atoms with E-state index in [1.807, 2.05) is 0 Å². The van der Waals surface area contributed by atoms with Crippen LogP contribution >= 0.6 is 0 Å². The molecule has 2 atom stereocenters. The first-order valence-electron chi connectivity index (χ1n) is 6.11. The van der Waals surface area contributed by atoms with E-state index >= 15 is 0 Å². The Morgan fingerprint density at radius 2 is 2.06 bits per heavy atom. The van der Waals surface area contributed by atoms with Gasteiger partial charge in [-0.15, -0.1) is 0 Å². The molecule has 3 rings (SSSR count). The Bertz CT molecular complexity index is 459. The van der Waals surface area contributed by atoms with Gasteiger partial charge in [-0.25, -0.2) is 9.18 Å². The fraction of sp³-hybridized carbons (Fsp3) is 0.462. The van der Waals surface area contributed by atoms with Crippen molar-refractivity contribution in [3.05, 3.63) is 35.6 Å². The van der Waals surface area contributed by atoms with Crippen LogP contribution in [0.3, 0.4) is 0 Å². The topological polar surface area (TPSA) is 42.1 Å². The van der Waals surface area contributed by atoms with Crippen LogP contribution < -0.4 is 0 Å². The molecule has 1 aromatic rings. The number of hydrogen-bond donors (Lipinski definition) is 0. The number of nitrogens with zero attached hydrogens (tertiary/aromatic N) is 1. The van der Waals surface area contributed by atoms with Crippen LogP contribution in [0.15, 0.2) is 24.3 Å². The number of carbonyl (C=O) groups excluding carboxylic acids is 1. The van der Waals surface area contributed by atoms with Gasteiger partial charge >= 0.3 is 6.09 Å². The van der Waals surface area contributed by atoms with Gasteiger partial charge < -0.3 is 14.4 Å². The average molecular weight is 251 g/mol. The minimum absolute atomic E-state index is 0.331. The average Bonchev–Trinajstić information content (AvgIpc) is 2.92. The molecule has 2 heterocycles. The number of likely N-dealkylation sites (tertiary alicyclic amines) is 1. The Morgan fingerprint density at radius 1 is 1.33 bits per heavy atom. The Balaban J connectivity index is 1.58. The largest absolute Gasteiger partial charge is 0.416 e. The van der Waals surface area contributed by atoms with E-state index in [1.54, 1.807) is 23.1 Å². The third-order valence-electron chi connectivity index (χ3n) is 3.24. The summed E-state index contributed by atoms with van der Waals surface area (Å²) in [4.78, 5) is 13.3. The van der Waals surface area contributed by atoms with Crippen molar-refractivity contribution in [3.63, 3.8) is 0 Å². The number of ether oxygens (including phenoxy) is 2. The van der Waals surface area contributed by atoms with Gasteiger partial charge in [0.2, 0.25) is 6.29 Å². The highest BCUT2D eigenvalue weighted by molar-refractivity contribution is 5.68. The summed E-state index contributed by atoms with van der Waals surface area (Å²) < 4.78 is 23.8. The van der Waals surface area contributed by atoms with Gasteiger partial charge in [-0.2, -0.15) is 0 Å². The predicted octanol–water partition coefficient (Wildman–Crippen LogP) is 2.46. The zero-order valence-corrected chi connectivity index (χ0v) is 9.84. The number of rotatable bonds is 2. The first-order chi connectivity index (χ1) is 8.75. The van der Waals surface area contributed by atoms with E-state index in [4.69, 9.17) is 9.47 Å². The number of halogens is 1. The summed E-state index contributed by atoms with van der Waals surface area (Å²) in [5, 5.41) is 0. The normalized spacial score (nSPS) is 26.2. The highest BCUT2D eigenvalue weighted by Gasteiger charge is 2.46. The van der Waals surface area contributed by atoms with Gasteiger partial charge in [-0.05, 0) is 18.9 Å². The molecule has 0 N–H and O–H groups in total. The van der Waals surface area contributed by atoms with Crippen molar-refractivity contribution in [1.82, 2.24) is 4.90 Å². The van der Waals surface area contributed by atoms with Crippen LogP contribution in [0.25, 0.3) is 0 Å². The molecule has 96 valence electrons. The molecule has 0 aliphatic carbocycles. The summed E-state index contributed by atoms with van der Waals surface area (Å²) >= 11 is 0. The molecule has 0 spiro atoms. The van der Waals surface area contributed by atoms with E-state index in [0.717, 1.165) is 25.9 Å². The van der Waals surface area contributed by atoms with Gasteiger partial charge in [0, 0.05) is 18.7 Å². The fourth-order valence-corrected chi connectivity index (χ4v) is 2.19. The number of benzene rings is 1. The minimum Gasteiger partial charge on any atom is -0.416 e. The smallest absolute Gasteiger partial charge is 0.412 e. The minimum atomic E-state index is -0.644. The second kappa shape index (κ2) is 4.57. The SMILES string of the molecule is O=C(O[C@@H]1O[C@@H]1c1ccccc1F)N1CCCC1. The molecular weight excluding hydrogens is 237 g/mol. The quantitative estimate of drug-likeness (QED) is 0.758. The first-order valence-corrected chi connectivity index (χ1v) is 6.11. The highest BCUT2D eigenvalue weighted by Crippen LogP contribution is 2.40. The molecule has 0 saturated carbocycles. The standard InChI is InChI=1S/C13H14FNO3/c14-10-6-2-1-5-9(10)11-12(17-11)18-13(16)15-7-3-4-8-15/h1-2,5-6,11-12H,3-4,7-8H2/t11-,12+/m1/s1. The second-order valence-corrected chi connectivity index (χ2v) is 4.52. The molecule has 0 bridgehead atoms. The van der Waals surface area contributed by atoms with Crippen LogP contribution in [0.5, 0.6) is 0 Å². The van der Waals surface area contributed by atoms with Crippen molar-refractivity contribution in [3.8, 4) is 0 Å². The monoisotopic (exact) mass is 251 g/mol. The maximum atomic E-state index is 13.5. The molecule has 1 amide bonds. The van der Waals surface area contributed by atoms with E-state index in [2.05, 4.69) is 0 Å². The zero-order valence-electron chi connectivity index (χ0n) is 9.84. The molecule has 0 aromatic heterocycles. The van der Waals surface area contributed by atoms with E-state index in [-0.39, 0.29) is 11.9 Å². The lowest BCUT2D eigenvalue weighted by molar-refractivity contribution is 0.0658. The van der Waals surface area contributed by atoms with Crippen molar-refractivity contribution in [2.24, 2.45) is 0 Å². The van der Waals surface area contributed by atoms with Crippen LogP contribution in [0.4, 0.5) is 9.18 Å². The molecular formula is C13H14FNO3. The summed E-state index contributed by atoms with van der Waals surface area (Å²) in [6, 6.07) is 6.37. The van der Waals surface area contributed by atoms with E-state index < -0.39 is 12.4 Å². The molecule has 1 aromatic carbocycles. The Labute approximate surface area is 104 Å². The van der Waals surface area contributed by atoms with Gasteiger partial charge in [0.05, 0.1) is 0 Å². The van der Waals surface area contributed by atoms with Gasteiger partial charge in [-0.1, -0.05) is 18.2 Å². The molecule has 0 unspecified atom stereocenters. The molecule has 2 aliphatic rings. The molecule has 0 radical (unpaired) electrons. The summed E-state index contributed by atoms with van der Waals surface area (Å²) in [5.74, 6) is -0.331. The van der Waals surface area contributed by atoms with Crippen molar-refractivity contribution >= 4 is 6.09 Å². The Hall–Kier alpha value is -1.62. The van der Waals surface area contributed by atoms with Crippen LogP contribution in [-0.4, -0.2) is 30.4 Å². The van der Waals surface area contributed by atoms with Gasteiger partial charge in [0.1, 0.15) is 5.82 Å². The molecule has 5 heteroatoms. The Morgan fingerprint density at radius 3 is 2.78 bits per heavy atom. The lowest BCUT2D eigenvalue weighted by Crippen LogP contribution is -2.29. The third kappa shape index (κ3) is 2.18. The number of carbonyl (C=O) groups is 1. The number of epoxide rings is 1. The maximum Gasteiger partial charge on any atom is 0.412 e. The molecule has 2 aliphatic heterocycles. The van der Waals surface area contributed by atoms with Gasteiger partial charge in [-0.3, -0.25) is 0 Å². The predicted molar refractivity (Wildman–Crippen MR) is 61.3 cm³/mol. The fourth-order valence-electron chi connectivity index (χ4n) is 2.19. The van der Waals surface area contributed by atoms with Gasteiger partial charge in [0.25, 0.3) is 0 Å². The summed E-state index contributed by atoms with van der Waals surface area (Å²) in [6.45, 7) is 1.46. The van der Waals surface area contributed by atoms with Crippen molar-refractivity contribution in [1.29, 1.82) is 0 Å². The van der Waals surface area contributed by atoms with E-state index in [1.165, 1.54) is 6.07 Å². The van der Waals surface area contributed by atoms with Crippen molar-refractivity contribution < 1.29 is 18.7 Å². The molecule has 2 saturated heterocycles. The second-order valence-electron chi connectivity index (χ2n) is 4.52. The summed E-state index contributed by atoms with van der Waals surface area (Å²) in [7, 11) is 0. The van der Waals surface area contributed by atoms with Crippen molar-refractivity contribution in [2.45, 2.75) is 25.2 Å². The zero-order chi connectivity index (χ0) is 12.5. The third-order valence-corrected chi connectivity index (χ3v) is 3.24. The van der Waals surface area contributed by atoms with Crippen molar-refractivity contribution in [2.75, 3.05) is 13.1 Å². The number of hydrogen-bond acceptors (Lipinski definition) is 3. The molecule has 18 heavy (non-hydrogen) atoms. The van der Waals surface area contributed by atoms with E-state index in [9.17, 15) is 9.18 Å². The van der Waals surface area contributed by atoms with Crippen LogP contribution in [0.2, 0.25) is 0 Å². The number of amides is 1. The van der Waals surface area contributed by atoms with Gasteiger partial charge in [0.15, 0.2) is 6.10 Å². The van der Waals surface area contributed by atoms with Crippen LogP contribution in [-0.2, 0) is 9.47 Å². The summed E-state index contributed by atoms with van der Waals surface area (Å²) in [6.07, 6.45) is 0.554. The highest BCUT2D eigenvalue weighted by atomic mass is 19.1. The lowest BCUT2D eigenvalue weighted by atomic mass is 10.1. The van der Waals surface area contributed by atoms with Crippen LogP contribution in [0, 0.1) is 5.82 Å². The lowest BCUT2D eigenvalue weighted by Gasteiger charge is -2.13. The molecule has 4 nitrogen and oxygen atoms in total. The first kappa shape index (κ1) is 11.5. The maximum absolute atomic E-state index is 13.5. The van der Waals surface area contributed by atoms with Crippen LogP contribution in [0.1, 0.15) is 24.5 Å². The summed E-state index contributed by atoms with van der Waals surface area (Å²) in [5.41, 5.74) is 0.441. The van der Waals surface area contributed by atoms with E-state index in [0.29, 0.717) is 5.56 Å².